The molecule has 20 heavy (non-hydrogen) atoms. The second kappa shape index (κ2) is 5.32. The van der Waals surface area contributed by atoms with Gasteiger partial charge in [0.05, 0.1) is 12.2 Å². The summed E-state index contributed by atoms with van der Waals surface area (Å²) in [5.41, 5.74) is 2.63. The Morgan fingerprint density at radius 2 is 2.00 bits per heavy atom. The van der Waals surface area contributed by atoms with Crippen LogP contribution >= 0.6 is 11.8 Å². The number of aliphatic imine (C=N–C) groups is 1. The molecular weight excluding hydrogens is 266 g/mol. The van der Waals surface area contributed by atoms with Crippen LogP contribution in [0.3, 0.4) is 0 Å². The standard InChI is InChI=1S/C16H21N3S/c1-2-4-6-12(5-3-1)18-13-7-8-14-15(11-13)20-16-17-9-10-19(14)16/h7-8,11-12,18H,1-6,9-10H2. The molecule has 0 atom stereocenters. The summed E-state index contributed by atoms with van der Waals surface area (Å²) in [7, 11) is 0. The first kappa shape index (κ1) is 12.6. The van der Waals surface area contributed by atoms with Crippen LogP contribution in [-0.4, -0.2) is 24.3 Å². The Morgan fingerprint density at radius 1 is 1.15 bits per heavy atom. The number of thioether (sulfide) groups is 1. The maximum Gasteiger partial charge on any atom is 0.168 e. The van der Waals surface area contributed by atoms with Gasteiger partial charge in [-0.2, -0.15) is 0 Å². The molecule has 1 aromatic rings. The monoisotopic (exact) mass is 287 g/mol. The summed E-state index contributed by atoms with van der Waals surface area (Å²) >= 11 is 1.82. The van der Waals surface area contributed by atoms with Crippen LogP contribution in [0.15, 0.2) is 28.1 Å². The molecule has 1 N–H and O–H groups in total. The smallest absolute Gasteiger partial charge is 0.168 e. The highest BCUT2D eigenvalue weighted by molar-refractivity contribution is 8.14. The second-order valence-corrected chi connectivity index (χ2v) is 6.94. The third-order valence-corrected chi connectivity index (χ3v) is 5.56. The zero-order valence-electron chi connectivity index (χ0n) is 11.8. The van der Waals surface area contributed by atoms with Crippen molar-refractivity contribution in [2.45, 2.75) is 49.5 Å². The zero-order chi connectivity index (χ0) is 13.4. The number of nitrogens with zero attached hydrogens (tertiary/aromatic N) is 2. The molecule has 0 amide bonds. The molecule has 1 saturated carbocycles. The van der Waals surface area contributed by atoms with Crippen LogP contribution in [0.4, 0.5) is 11.4 Å². The minimum Gasteiger partial charge on any atom is -0.382 e. The van der Waals surface area contributed by atoms with Crippen LogP contribution in [0.5, 0.6) is 0 Å². The number of amidine groups is 1. The third-order valence-electron chi connectivity index (χ3n) is 4.48. The SMILES string of the molecule is c1cc2c(cc1NC1CCCCCC1)SC1=NCCN12. The van der Waals surface area contributed by atoms with E-state index in [0.717, 1.165) is 13.1 Å². The quantitative estimate of drug-likeness (QED) is 0.830. The van der Waals surface area contributed by atoms with Gasteiger partial charge in [0.15, 0.2) is 5.17 Å². The largest absolute Gasteiger partial charge is 0.382 e. The highest BCUT2D eigenvalue weighted by atomic mass is 32.2. The Hall–Kier alpha value is -1.16. The maximum atomic E-state index is 4.56. The topological polar surface area (TPSA) is 27.6 Å². The van der Waals surface area contributed by atoms with Crippen LogP contribution in [0.1, 0.15) is 38.5 Å². The fourth-order valence-corrected chi connectivity index (χ4v) is 4.52. The molecule has 3 aliphatic rings. The van der Waals surface area contributed by atoms with Crippen LogP contribution < -0.4 is 10.2 Å². The number of hydrogen-bond donors (Lipinski definition) is 1. The third kappa shape index (κ3) is 2.30. The molecule has 106 valence electrons. The summed E-state index contributed by atoms with van der Waals surface area (Å²) in [6.07, 6.45) is 8.22. The number of anilines is 2. The van der Waals surface area contributed by atoms with Crippen molar-refractivity contribution in [3.05, 3.63) is 18.2 Å². The van der Waals surface area contributed by atoms with E-state index in [1.165, 1.54) is 60.0 Å². The maximum absolute atomic E-state index is 4.56. The second-order valence-electron chi connectivity index (χ2n) is 5.93. The van der Waals surface area contributed by atoms with Crippen LogP contribution in [-0.2, 0) is 0 Å². The van der Waals surface area contributed by atoms with Gasteiger partial charge in [-0.3, -0.25) is 4.99 Å². The van der Waals surface area contributed by atoms with E-state index in [2.05, 4.69) is 33.4 Å². The lowest BCUT2D eigenvalue weighted by Crippen LogP contribution is -2.20. The summed E-state index contributed by atoms with van der Waals surface area (Å²) in [6.45, 7) is 1.99. The molecule has 1 fully saturated rings. The Morgan fingerprint density at radius 3 is 2.85 bits per heavy atom. The molecule has 0 unspecified atom stereocenters. The minimum absolute atomic E-state index is 0.666. The predicted octanol–water partition coefficient (Wildman–Crippen LogP) is 4.10. The molecule has 0 radical (unpaired) electrons. The normalized spacial score (nSPS) is 22.2. The van der Waals surface area contributed by atoms with E-state index in [4.69, 9.17) is 0 Å². The van der Waals surface area contributed by atoms with E-state index in [1.54, 1.807) is 0 Å². The van der Waals surface area contributed by atoms with Crippen LogP contribution in [0.25, 0.3) is 0 Å². The number of benzene rings is 1. The summed E-state index contributed by atoms with van der Waals surface area (Å²) in [4.78, 5) is 8.26. The van der Waals surface area contributed by atoms with E-state index in [1.807, 2.05) is 11.8 Å². The van der Waals surface area contributed by atoms with Gasteiger partial charge in [-0.1, -0.05) is 25.7 Å². The van der Waals surface area contributed by atoms with Gasteiger partial charge >= 0.3 is 0 Å². The lowest BCUT2D eigenvalue weighted by Gasteiger charge is -2.18. The van der Waals surface area contributed by atoms with Gasteiger partial charge in [0.25, 0.3) is 0 Å². The van der Waals surface area contributed by atoms with Gasteiger partial charge < -0.3 is 10.2 Å². The molecule has 0 aromatic heterocycles. The molecular formula is C16H21N3S. The highest BCUT2D eigenvalue weighted by Gasteiger charge is 2.29. The average molecular weight is 287 g/mol. The number of hydrogen-bond acceptors (Lipinski definition) is 4. The average Bonchev–Trinajstić information content (AvgIpc) is 2.92. The fourth-order valence-electron chi connectivity index (χ4n) is 3.40. The van der Waals surface area contributed by atoms with Gasteiger partial charge in [0.1, 0.15) is 0 Å². The summed E-state index contributed by atoms with van der Waals surface area (Å²) in [5.74, 6) is 0. The van der Waals surface area contributed by atoms with E-state index in [9.17, 15) is 0 Å². The van der Waals surface area contributed by atoms with Gasteiger partial charge in [0, 0.05) is 23.2 Å². The van der Waals surface area contributed by atoms with Gasteiger partial charge in [-0.05, 0) is 42.8 Å². The van der Waals surface area contributed by atoms with Gasteiger partial charge in [-0.15, -0.1) is 0 Å². The van der Waals surface area contributed by atoms with Gasteiger partial charge in [-0.25, -0.2) is 0 Å². The van der Waals surface area contributed by atoms with Crippen molar-refractivity contribution in [2.24, 2.45) is 4.99 Å². The van der Waals surface area contributed by atoms with Crippen molar-refractivity contribution < 1.29 is 0 Å². The van der Waals surface area contributed by atoms with Crippen molar-refractivity contribution in [2.75, 3.05) is 23.3 Å². The molecule has 0 bridgehead atoms. The first-order valence-electron chi connectivity index (χ1n) is 7.80. The number of nitrogens with one attached hydrogen (secondary N) is 1. The Labute approximate surface area is 124 Å². The predicted molar refractivity (Wildman–Crippen MR) is 87.1 cm³/mol. The summed E-state index contributed by atoms with van der Waals surface area (Å²) in [6, 6.07) is 7.48. The van der Waals surface area contributed by atoms with Gasteiger partial charge in [0.2, 0.25) is 0 Å². The number of rotatable bonds is 2. The molecule has 1 aromatic carbocycles. The van der Waals surface area contributed by atoms with E-state index in [0.29, 0.717) is 6.04 Å². The molecule has 4 heteroatoms. The summed E-state index contributed by atoms with van der Waals surface area (Å²) in [5, 5.41) is 4.93. The first-order chi connectivity index (χ1) is 9.90. The summed E-state index contributed by atoms with van der Waals surface area (Å²) < 4.78 is 0. The van der Waals surface area contributed by atoms with Crippen molar-refractivity contribution >= 4 is 28.3 Å². The fraction of sp³-hybridized carbons (Fsp3) is 0.562. The molecule has 2 aliphatic heterocycles. The van der Waals surface area contributed by atoms with E-state index >= 15 is 0 Å². The van der Waals surface area contributed by atoms with E-state index < -0.39 is 0 Å². The molecule has 1 aliphatic carbocycles. The van der Waals surface area contributed by atoms with Crippen LogP contribution in [0, 0.1) is 0 Å². The zero-order valence-corrected chi connectivity index (χ0v) is 12.6. The van der Waals surface area contributed by atoms with Crippen molar-refractivity contribution in [1.29, 1.82) is 0 Å². The lowest BCUT2D eigenvalue weighted by molar-refractivity contribution is 0.620. The molecule has 0 saturated heterocycles. The molecule has 0 spiro atoms. The number of fused-ring (bicyclic) bond motifs is 3. The molecule has 4 rings (SSSR count). The van der Waals surface area contributed by atoms with E-state index in [-0.39, 0.29) is 0 Å². The molecule has 3 nitrogen and oxygen atoms in total. The first-order valence-corrected chi connectivity index (χ1v) is 8.62. The van der Waals surface area contributed by atoms with Crippen molar-refractivity contribution in [3.8, 4) is 0 Å². The Bertz CT molecular complexity index is 533. The Kier molecular flexibility index (Phi) is 3.34. The lowest BCUT2D eigenvalue weighted by atomic mass is 10.1. The highest BCUT2D eigenvalue weighted by Crippen LogP contribution is 2.43. The minimum atomic E-state index is 0.666. The molecule has 2 heterocycles. The van der Waals surface area contributed by atoms with Crippen molar-refractivity contribution in [1.82, 2.24) is 0 Å². The van der Waals surface area contributed by atoms with Crippen molar-refractivity contribution in [3.63, 3.8) is 0 Å². The Balaban J connectivity index is 1.51. The van der Waals surface area contributed by atoms with Crippen LogP contribution in [0.2, 0.25) is 0 Å².